The van der Waals surface area contributed by atoms with E-state index in [0.29, 0.717) is 47.5 Å². The first-order valence-corrected chi connectivity index (χ1v) is 25.3. The van der Waals surface area contributed by atoms with Crippen LogP contribution in [-0.4, -0.2) is 61.0 Å². The summed E-state index contributed by atoms with van der Waals surface area (Å²) in [4.78, 5) is 41.2. The molecule has 0 aliphatic heterocycles. The Labute approximate surface area is 408 Å². The van der Waals surface area contributed by atoms with Crippen LogP contribution in [0, 0.1) is 6.92 Å². The second kappa shape index (κ2) is 24.5. The van der Waals surface area contributed by atoms with Crippen molar-refractivity contribution < 1.29 is 23.1 Å². The van der Waals surface area contributed by atoms with E-state index in [4.69, 9.17) is 49.5 Å². The summed E-state index contributed by atoms with van der Waals surface area (Å²) in [5.74, 6) is -0.644. The lowest BCUT2D eigenvalue weighted by Crippen LogP contribution is -2.33. The number of hydrogen-bond donors (Lipinski definition) is 3. The van der Waals surface area contributed by atoms with Gasteiger partial charge in [-0.2, -0.15) is 0 Å². The predicted octanol–water partition coefficient (Wildman–Crippen LogP) is 12.3. The topological polar surface area (TPSA) is 155 Å². The minimum Gasteiger partial charge on any atom is -0.491 e. The summed E-state index contributed by atoms with van der Waals surface area (Å²) in [5, 5.41) is 13.2. The molecule has 1 amide bonds. The van der Waals surface area contributed by atoms with Crippen LogP contribution in [0.1, 0.15) is 89.4 Å². The predicted molar refractivity (Wildman–Crippen MR) is 274 cm³/mol. The molecule has 0 bridgehead atoms. The van der Waals surface area contributed by atoms with Crippen molar-refractivity contribution in [1.29, 1.82) is 0 Å². The van der Waals surface area contributed by atoms with Crippen molar-refractivity contribution in [1.82, 2.24) is 9.55 Å². The van der Waals surface area contributed by atoms with Gasteiger partial charge in [-0.25, -0.2) is 18.4 Å². The van der Waals surface area contributed by atoms with Gasteiger partial charge in [-0.05, 0) is 98.6 Å². The number of aromatic nitrogens is 2. The number of unbranched alkanes of at least 4 members (excludes halogenated alkanes) is 9. The summed E-state index contributed by atoms with van der Waals surface area (Å²) in [5.41, 5.74) is 2.10. The third-order valence-electron chi connectivity index (χ3n) is 11.3. The van der Waals surface area contributed by atoms with Crippen molar-refractivity contribution in [3.63, 3.8) is 0 Å². The number of benzene rings is 5. The van der Waals surface area contributed by atoms with Gasteiger partial charge in [0.05, 0.1) is 66.8 Å². The number of likely N-dealkylation sites (N-methyl/N-ethyl adjacent to an activating group) is 1. The maximum Gasteiger partial charge on any atom is 0.278 e. The molecule has 5 aromatic carbocycles. The van der Waals surface area contributed by atoms with Crippen LogP contribution in [0.2, 0.25) is 15.1 Å². The van der Waals surface area contributed by atoms with E-state index in [-0.39, 0.29) is 55.2 Å². The quantitative estimate of drug-likeness (QED) is 0.0308. The Bertz CT molecular complexity index is 2860. The molecule has 1 aromatic heterocycles. The number of halogens is 3. The minimum absolute atomic E-state index is 0.00146. The molecule has 67 heavy (non-hydrogen) atoms. The number of carbonyl (C=O) groups excluding carboxylic acids is 1. The second-order valence-corrected chi connectivity index (χ2v) is 19.1. The molecule has 6 aromatic rings. The van der Waals surface area contributed by atoms with Crippen molar-refractivity contribution >= 4 is 90.1 Å². The number of anilines is 3. The number of nitrogens with zero attached hydrogens (tertiary/aromatic N) is 4. The first-order chi connectivity index (χ1) is 32.3. The number of carbonyl (C=O) groups is 1. The fraction of sp³-hybridized carbons (Fsp3) is 0.333. The van der Waals surface area contributed by atoms with E-state index in [1.807, 2.05) is 36.9 Å². The highest BCUT2D eigenvalue weighted by Gasteiger charge is 2.27. The molecule has 0 radical (unpaired) electrons. The number of amides is 1. The molecule has 0 atom stereocenters. The number of aliphatic imine (C=N–C) groups is 1. The molecule has 0 aliphatic carbocycles. The second-order valence-electron chi connectivity index (χ2n) is 16.2. The Morgan fingerprint density at radius 3 is 2.15 bits per heavy atom. The van der Waals surface area contributed by atoms with Crippen molar-refractivity contribution in [3.05, 3.63) is 140 Å². The smallest absolute Gasteiger partial charge is 0.278 e. The van der Waals surface area contributed by atoms with Gasteiger partial charge >= 0.3 is 0 Å². The molecule has 0 aliphatic rings. The van der Waals surface area contributed by atoms with E-state index in [1.54, 1.807) is 54.6 Å². The summed E-state index contributed by atoms with van der Waals surface area (Å²) < 4.78 is 38.1. The van der Waals surface area contributed by atoms with E-state index >= 15 is 4.79 Å². The molecule has 3 N–H and O–H groups in total. The average Bonchev–Trinajstić information content (AvgIpc) is 3.31. The van der Waals surface area contributed by atoms with E-state index in [9.17, 15) is 18.3 Å². The Morgan fingerprint density at radius 2 is 1.46 bits per heavy atom. The van der Waals surface area contributed by atoms with Crippen LogP contribution in [0.4, 0.5) is 22.7 Å². The SMILES string of the molecule is CCCCCCCCCCCCOc1ccc(S(=O)(=O)Nc2cc(Cl)c(Cl)cc2Cl)cc1NC(=O)C(=Nc1ccc(N(CC)CCO)cc1C)c1nc2ccccc2c(=O)n1-c1ccccc1. The van der Waals surface area contributed by atoms with Gasteiger partial charge in [0.2, 0.25) is 0 Å². The summed E-state index contributed by atoms with van der Waals surface area (Å²) in [6.45, 7) is 7.40. The highest BCUT2D eigenvalue weighted by Crippen LogP contribution is 2.35. The molecular weight excluding hydrogens is 931 g/mol. The molecular formula is C51H57Cl3N6O6S. The maximum absolute atomic E-state index is 15.1. The number of aliphatic hydroxyl groups excluding tert-OH is 1. The van der Waals surface area contributed by atoms with Crippen LogP contribution in [0.15, 0.2) is 118 Å². The van der Waals surface area contributed by atoms with Crippen LogP contribution >= 0.6 is 34.8 Å². The van der Waals surface area contributed by atoms with Gasteiger partial charge < -0.3 is 20.1 Å². The highest BCUT2D eigenvalue weighted by atomic mass is 35.5. The number of hydrogen-bond acceptors (Lipinski definition) is 9. The standard InChI is InChI=1S/C51H57Cl3N6O6S/c1-4-6-7-8-9-10-11-12-13-19-30-66-47-27-25-38(67(64,65)58-45-34-41(53)40(52)33-42(45)54)32-46(47)57-50(62)48(55-43-26-24-37(31-35(43)3)59(5-2)28-29-61)49-56-44-23-18-17-22-39(44)51(63)60(49)36-20-15-14-16-21-36/h14-18,20-27,31-34,58,61H,4-13,19,28-30H2,1-3H3,(H,57,62). The Balaban J connectivity index is 1.42. The van der Waals surface area contributed by atoms with Gasteiger partial charge in [0, 0.05) is 18.8 Å². The van der Waals surface area contributed by atoms with Gasteiger partial charge in [-0.15, -0.1) is 0 Å². The van der Waals surface area contributed by atoms with E-state index < -0.39 is 21.5 Å². The van der Waals surface area contributed by atoms with Gasteiger partial charge in [-0.3, -0.25) is 18.9 Å². The Morgan fingerprint density at radius 1 is 0.791 bits per heavy atom. The summed E-state index contributed by atoms with van der Waals surface area (Å²) in [6.07, 6.45) is 11.3. The molecule has 1 heterocycles. The molecule has 0 fully saturated rings. The normalized spacial score (nSPS) is 11.8. The van der Waals surface area contributed by atoms with Crippen LogP contribution in [0.3, 0.4) is 0 Å². The third-order valence-corrected chi connectivity index (χ3v) is 13.7. The number of para-hydroxylation sites is 2. The van der Waals surface area contributed by atoms with Crippen molar-refractivity contribution in [2.75, 3.05) is 41.2 Å². The molecule has 354 valence electrons. The van der Waals surface area contributed by atoms with Crippen molar-refractivity contribution in [2.45, 2.75) is 89.9 Å². The molecule has 0 unspecified atom stereocenters. The number of fused-ring (bicyclic) bond motifs is 1. The number of ether oxygens (including phenoxy) is 1. The largest absolute Gasteiger partial charge is 0.491 e. The zero-order chi connectivity index (χ0) is 47.9. The summed E-state index contributed by atoms with van der Waals surface area (Å²) in [6, 6.07) is 28.0. The van der Waals surface area contributed by atoms with Crippen molar-refractivity contribution in [3.8, 4) is 11.4 Å². The lowest BCUT2D eigenvalue weighted by Gasteiger charge is -2.23. The van der Waals surface area contributed by atoms with Crippen LogP contribution < -0.4 is 25.2 Å². The summed E-state index contributed by atoms with van der Waals surface area (Å²) >= 11 is 18.7. The lowest BCUT2D eigenvalue weighted by molar-refractivity contribution is -0.110. The maximum atomic E-state index is 15.1. The highest BCUT2D eigenvalue weighted by molar-refractivity contribution is 7.92. The molecule has 0 saturated carbocycles. The fourth-order valence-corrected chi connectivity index (χ4v) is 9.39. The van der Waals surface area contributed by atoms with Gasteiger partial charge in [0.1, 0.15) is 5.75 Å². The van der Waals surface area contributed by atoms with E-state index in [2.05, 4.69) is 17.0 Å². The molecule has 6 rings (SSSR count). The van der Waals surface area contributed by atoms with Crippen LogP contribution in [0.25, 0.3) is 16.6 Å². The Kier molecular flexibility index (Phi) is 18.7. The van der Waals surface area contributed by atoms with E-state index in [1.165, 1.54) is 73.4 Å². The molecule has 12 nitrogen and oxygen atoms in total. The minimum atomic E-state index is -4.35. The first kappa shape index (κ1) is 51.0. The molecule has 0 saturated heterocycles. The number of sulfonamides is 1. The zero-order valence-electron chi connectivity index (χ0n) is 38.0. The van der Waals surface area contributed by atoms with Crippen LogP contribution in [-0.2, 0) is 14.8 Å². The lowest BCUT2D eigenvalue weighted by atomic mass is 10.1. The van der Waals surface area contributed by atoms with Gasteiger partial charge in [-0.1, -0.05) is 130 Å². The molecule has 16 heteroatoms. The monoisotopic (exact) mass is 986 g/mol. The van der Waals surface area contributed by atoms with Crippen molar-refractivity contribution in [2.24, 2.45) is 4.99 Å². The third kappa shape index (κ3) is 13.4. The van der Waals surface area contributed by atoms with Gasteiger partial charge in [0.25, 0.3) is 21.5 Å². The summed E-state index contributed by atoms with van der Waals surface area (Å²) in [7, 11) is -4.35. The van der Waals surface area contributed by atoms with Gasteiger partial charge in [0.15, 0.2) is 11.5 Å². The Hall–Kier alpha value is -5.44. The zero-order valence-corrected chi connectivity index (χ0v) is 41.1. The first-order valence-electron chi connectivity index (χ1n) is 22.7. The van der Waals surface area contributed by atoms with E-state index in [0.717, 1.165) is 31.4 Å². The number of aliphatic hydroxyl groups is 1. The average molecular weight is 988 g/mol. The fourth-order valence-electron chi connectivity index (χ4n) is 7.64. The number of rotatable bonds is 24. The van der Waals surface area contributed by atoms with Crippen LogP contribution in [0.5, 0.6) is 5.75 Å². The number of nitrogens with one attached hydrogen (secondary N) is 2. The molecule has 0 spiro atoms. The number of aryl methyl sites for hydroxylation is 1.